The minimum atomic E-state index is -2.18. The Morgan fingerprint density at radius 2 is 0.952 bits per heavy atom. The van der Waals surface area contributed by atoms with E-state index in [9.17, 15) is 0 Å². The largest absolute Gasteiger partial charge is 0.414 e. The summed E-state index contributed by atoms with van der Waals surface area (Å²) in [7, 11) is -8.49. The summed E-state index contributed by atoms with van der Waals surface area (Å²) in [4.78, 5) is 0. The first-order valence-electron chi connectivity index (χ1n) is 16.6. The molecule has 1 unspecified atom stereocenters. The van der Waals surface area contributed by atoms with Gasteiger partial charge in [-0.2, -0.15) is 0 Å². The third-order valence-electron chi connectivity index (χ3n) is 11.4. The van der Waals surface area contributed by atoms with E-state index in [2.05, 4.69) is 142 Å². The van der Waals surface area contributed by atoms with E-state index in [1.165, 1.54) is 0 Å². The van der Waals surface area contributed by atoms with Gasteiger partial charge in [0, 0.05) is 0 Å². The van der Waals surface area contributed by atoms with Gasteiger partial charge < -0.3 is 22.4 Å². The molecule has 1 aliphatic rings. The number of hydrogen-bond acceptors (Lipinski definition) is 5. The maximum absolute atomic E-state index is 7.41. The molecule has 0 radical (unpaired) electrons. The van der Waals surface area contributed by atoms with E-state index < -0.39 is 33.3 Å². The molecule has 1 aliphatic heterocycles. The van der Waals surface area contributed by atoms with Crippen LogP contribution in [0, 0.1) is 0 Å². The van der Waals surface area contributed by atoms with Gasteiger partial charge in [0.05, 0.1) is 24.9 Å². The Balaban J connectivity index is 3.80. The average molecular weight is 663 g/mol. The van der Waals surface area contributed by atoms with Gasteiger partial charge >= 0.3 is 0 Å². The molecular formula is C33H74O5Si4. The van der Waals surface area contributed by atoms with Gasteiger partial charge in [-0.25, -0.2) is 0 Å². The number of hydrogen-bond donors (Lipinski definition) is 0. The molecular weight excluding hydrogens is 589 g/mol. The smallest absolute Gasteiger partial charge is 0.192 e. The van der Waals surface area contributed by atoms with Crippen LogP contribution in [-0.4, -0.2) is 70.4 Å². The molecule has 0 N–H and O–H groups in total. The SMILES string of the molecule is CCCC1O[C@H]([C@@H](CO[Si](C)(C)C(C)(C)C)O[Si](C)(C)C(C)(C)C)[C@H](O[Si](C)(C)C(C)(C)C)[C@H]1O[Si](C)(C)C(C)(C)C. The van der Waals surface area contributed by atoms with Crippen LogP contribution in [0.4, 0.5) is 0 Å². The fourth-order valence-corrected chi connectivity index (χ4v) is 9.09. The molecule has 0 saturated carbocycles. The fourth-order valence-electron chi connectivity index (χ4n) is 4.14. The van der Waals surface area contributed by atoms with E-state index in [0.717, 1.165) is 12.8 Å². The Morgan fingerprint density at radius 3 is 1.31 bits per heavy atom. The second-order valence-corrected chi connectivity index (χ2v) is 38.2. The van der Waals surface area contributed by atoms with Crippen LogP contribution in [0.1, 0.15) is 103 Å². The number of rotatable bonds is 12. The standard InChI is InChI=1S/C33H74O5Si4/c1-22-23-25-28(37-41(18,19)32(8,9)10)29(38-42(20,21)33(11,12)13)27(35-25)26(36-40(16,17)31(5,6)7)24-34-39(14,15)30(2,3)4/h25-29H,22-24H2,1-21H3/t25?,26-,27-,28+,29+/m1/s1. The minimum absolute atomic E-state index is 0.0257. The van der Waals surface area contributed by atoms with Crippen molar-refractivity contribution in [2.45, 2.75) is 206 Å². The molecule has 0 aliphatic carbocycles. The van der Waals surface area contributed by atoms with E-state index in [0.29, 0.717) is 6.61 Å². The van der Waals surface area contributed by atoms with E-state index in [1.807, 2.05) is 0 Å². The quantitative estimate of drug-likeness (QED) is 0.195. The normalized spacial score (nSPS) is 24.8. The third-order valence-corrected chi connectivity index (χ3v) is 29.4. The lowest BCUT2D eigenvalue weighted by Crippen LogP contribution is -2.58. The third kappa shape index (κ3) is 9.83. The zero-order valence-corrected chi connectivity index (χ0v) is 36.0. The summed E-state index contributed by atoms with van der Waals surface area (Å²) in [6.07, 6.45) is 1.17. The summed E-state index contributed by atoms with van der Waals surface area (Å²) >= 11 is 0. The Bertz CT molecular complexity index is 860. The molecule has 1 rings (SSSR count). The summed E-state index contributed by atoms with van der Waals surface area (Å²) in [5.74, 6) is 0. The summed E-state index contributed by atoms with van der Waals surface area (Å²) < 4.78 is 36.1. The second kappa shape index (κ2) is 13.4. The van der Waals surface area contributed by atoms with Crippen molar-refractivity contribution in [2.24, 2.45) is 0 Å². The van der Waals surface area contributed by atoms with Crippen LogP contribution in [0.2, 0.25) is 72.5 Å². The van der Waals surface area contributed by atoms with Gasteiger partial charge in [0.15, 0.2) is 33.3 Å². The van der Waals surface area contributed by atoms with Crippen molar-refractivity contribution in [1.82, 2.24) is 0 Å². The predicted octanol–water partition coefficient (Wildman–Crippen LogP) is 10.7. The predicted molar refractivity (Wildman–Crippen MR) is 193 cm³/mol. The molecule has 9 heteroatoms. The maximum atomic E-state index is 7.41. The van der Waals surface area contributed by atoms with Crippen LogP contribution < -0.4 is 0 Å². The van der Waals surface area contributed by atoms with Crippen LogP contribution in [0.3, 0.4) is 0 Å². The lowest BCUT2D eigenvalue weighted by Gasteiger charge is -2.46. The van der Waals surface area contributed by atoms with Gasteiger partial charge in [0.25, 0.3) is 0 Å². The highest BCUT2D eigenvalue weighted by Gasteiger charge is 2.56. The van der Waals surface area contributed by atoms with Gasteiger partial charge in [0.1, 0.15) is 12.2 Å². The average Bonchev–Trinajstić information content (AvgIpc) is 3.04. The Hall–Kier alpha value is 0.668. The van der Waals surface area contributed by atoms with Crippen molar-refractivity contribution in [1.29, 1.82) is 0 Å². The van der Waals surface area contributed by atoms with Crippen LogP contribution in [-0.2, 0) is 22.4 Å². The van der Waals surface area contributed by atoms with Crippen molar-refractivity contribution in [3.8, 4) is 0 Å². The van der Waals surface area contributed by atoms with E-state index >= 15 is 0 Å². The van der Waals surface area contributed by atoms with E-state index in [1.54, 1.807) is 0 Å². The summed E-state index contributed by atoms with van der Waals surface area (Å²) in [6, 6.07) is 0. The van der Waals surface area contributed by atoms with Crippen LogP contribution in [0.25, 0.3) is 0 Å². The summed E-state index contributed by atoms with van der Waals surface area (Å²) in [5.41, 5.74) is 0. The molecule has 42 heavy (non-hydrogen) atoms. The summed E-state index contributed by atoms with van der Waals surface area (Å²) in [6.45, 7) is 49.3. The minimum Gasteiger partial charge on any atom is -0.414 e. The van der Waals surface area contributed by atoms with Crippen LogP contribution in [0.5, 0.6) is 0 Å². The van der Waals surface area contributed by atoms with Gasteiger partial charge in [0.2, 0.25) is 0 Å². The Kier molecular flexibility index (Phi) is 13.0. The first-order valence-corrected chi connectivity index (χ1v) is 28.3. The first-order chi connectivity index (χ1) is 18.3. The molecule has 5 atom stereocenters. The van der Waals surface area contributed by atoms with Crippen LogP contribution in [0.15, 0.2) is 0 Å². The number of ether oxygens (including phenoxy) is 1. The lowest BCUT2D eigenvalue weighted by atomic mass is 10.0. The highest BCUT2D eigenvalue weighted by molar-refractivity contribution is 6.75. The molecule has 252 valence electrons. The van der Waals surface area contributed by atoms with Gasteiger partial charge in [-0.1, -0.05) is 96.4 Å². The molecule has 5 nitrogen and oxygen atoms in total. The van der Waals surface area contributed by atoms with Gasteiger partial charge in [-0.15, -0.1) is 0 Å². The van der Waals surface area contributed by atoms with Crippen molar-refractivity contribution in [3.05, 3.63) is 0 Å². The fraction of sp³-hybridized carbons (Fsp3) is 1.00. The van der Waals surface area contributed by atoms with Gasteiger partial charge in [-0.05, 0) is 78.9 Å². The zero-order chi connectivity index (χ0) is 33.5. The monoisotopic (exact) mass is 662 g/mol. The second-order valence-electron chi connectivity index (χ2n) is 19.1. The Labute approximate surface area is 267 Å². The molecule has 0 bridgehead atoms. The van der Waals surface area contributed by atoms with Crippen molar-refractivity contribution in [3.63, 3.8) is 0 Å². The Morgan fingerprint density at radius 1 is 0.571 bits per heavy atom. The molecule has 0 aromatic carbocycles. The maximum Gasteiger partial charge on any atom is 0.192 e. The van der Waals surface area contributed by atoms with Crippen molar-refractivity contribution in [2.75, 3.05) is 6.61 Å². The molecule has 0 spiro atoms. The van der Waals surface area contributed by atoms with Gasteiger partial charge in [-0.3, -0.25) is 0 Å². The van der Waals surface area contributed by atoms with Crippen LogP contribution >= 0.6 is 0 Å². The lowest BCUT2D eigenvalue weighted by molar-refractivity contribution is -0.0725. The van der Waals surface area contributed by atoms with E-state index in [-0.39, 0.29) is 50.7 Å². The first kappa shape index (κ1) is 40.7. The highest BCUT2D eigenvalue weighted by atomic mass is 28.4. The van der Waals surface area contributed by atoms with Crippen molar-refractivity contribution >= 4 is 33.3 Å². The van der Waals surface area contributed by atoms with Crippen molar-refractivity contribution < 1.29 is 22.4 Å². The molecule has 1 fully saturated rings. The topological polar surface area (TPSA) is 46.2 Å². The highest BCUT2D eigenvalue weighted by Crippen LogP contribution is 2.46. The molecule has 0 amide bonds. The molecule has 0 aromatic rings. The molecule has 1 saturated heterocycles. The van der Waals surface area contributed by atoms with E-state index in [4.69, 9.17) is 22.4 Å². The molecule has 0 aromatic heterocycles. The zero-order valence-electron chi connectivity index (χ0n) is 32.0. The molecule has 1 heterocycles. The summed E-state index contributed by atoms with van der Waals surface area (Å²) in [5, 5.41) is 0.332.